The number of ether oxygens (including phenoxy) is 1. The van der Waals surface area contributed by atoms with Crippen LogP contribution in [0.1, 0.15) is 10.3 Å². The van der Waals surface area contributed by atoms with Crippen LogP contribution in [0, 0.1) is 0 Å². The molecule has 0 aliphatic carbocycles. The number of hydrogen-bond donors (Lipinski definition) is 0. The Bertz CT molecular complexity index is 307. The van der Waals surface area contributed by atoms with Gasteiger partial charge in [0.25, 0.3) is 0 Å². The van der Waals surface area contributed by atoms with Gasteiger partial charge in [-0.05, 0) is 22.0 Å². The molecule has 0 saturated carbocycles. The average Bonchev–Trinajstić information content (AvgIpc) is 2.44. The standard InChI is InChI=1S/C7H5BrCl2O2S/c1-12-7(11)5(9)4-2-3(8)6(10)13-4/h2,5H,1H3. The first-order chi connectivity index (χ1) is 6.06. The highest BCUT2D eigenvalue weighted by atomic mass is 79.9. The molecule has 1 aromatic rings. The van der Waals surface area contributed by atoms with Crippen LogP contribution < -0.4 is 0 Å². The predicted molar refractivity (Wildman–Crippen MR) is 57.6 cm³/mol. The van der Waals surface area contributed by atoms with Crippen molar-refractivity contribution < 1.29 is 9.53 Å². The summed E-state index contributed by atoms with van der Waals surface area (Å²) in [4.78, 5) is 11.7. The van der Waals surface area contributed by atoms with E-state index in [2.05, 4.69) is 20.7 Å². The van der Waals surface area contributed by atoms with E-state index in [9.17, 15) is 4.79 Å². The molecule has 2 nitrogen and oxygen atoms in total. The van der Waals surface area contributed by atoms with E-state index in [1.54, 1.807) is 6.07 Å². The Balaban J connectivity index is 2.89. The summed E-state index contributed by atoms with van der Waals surface area (Å²) in [5, 5.41) is -0.779. The first-order valence-corrected chi connectivity index (χ1v) is 5.65. The minimum absolute atomic E-state index is 0.480. The Morgan fingerprint density at radius 2 is 2.38 bits per heavy atom. The smallest absolute Gasteiger partial charge is 0.329 e. The van der Waals surface area contributed by atoms with E-state index in [1.165, 1.54) is 18.4 Å². The molecule has 1 heterocycles. The number of rotatable bonds is 2. The Morgan fingerprint density at radius 1 is 1.77 bits per heavy atom. The first-order valence-electron chi connectivity index (χ1n) is 3.23. The third-order valence-electron chi connectivity index (χ3n) is 1.32. The summed E-state index contributed by atoms with van der Waals surface area (Å²) in [5.74, 6) is -0.480. The van der Waals surface area contributed by atoms with Crippen molar-refractivity contribution in [3.63, 3.8) is 0 Å². The lowest BCUT2D eigenvalue weighted by molar-refractivity contribution is -0.140. The lowest BCUT2D eigenvalue weighted by atomic mass is 10.3. The Morgan fingerprint density at radius 3 is 2.77 bits per heavy atom. The van der Waals surface area contributed by atoms with Gasteiger partial charge in [-0.3, -0.25) is 4.79 Å². The molecule has 1 rings (SSSR count). The van der Waals surface area contributed by atoms with Gasteiger partial charge in [-0.1, -0.05) is 11.6 Å². The Labute approximate surface area is 97.9 Å². The molecule has 0 fully saturated rings. The minimum Gasteiger partial charge on any atom is -0.468 e. The normalized spacial score (nSPS) is 12.6. The van der Waals surface area contributed by atoms with E-state index in [1.807, 2.05) is 0 Å². The van der Waals surface area contributed by atoms with Crippen molar-refractivity contribution in [3.05, 3.63) is 19.8 Å². The van der Waals surface area contributed by atoms with Crippen LogP contribution in [0.15, 0.2) is 10.5 Å². The molecular formula is C7H5BrCl2O2S. The lowest BCUT2D eigenvalue weighted by Gasteiger charge is -2.02. The molecular weight excluding hydrogens is 299 g/mol. The number of methoxy groups -OCH3 is 1. The summed E-state index contributed by atoms with van der Waals surface area (Å²) in [6.07, 6.45) is 0. The summed E-state index contributed by atoms with van der Waals surface area (Å²) in [7, 11) is 1.29. The Hall–Kier alpha value is 0.230. The molecule has 0 aromatic carbocycles. The predicted octanol–water partition coefficient (Wildman–Crippen LogP) is 3.62. The number of esters is 1. The fourth-order valence-corrected chi connectivity index (χ4v) is 2.70. The molecule has 6 heteroatoms. The van der Waals surface area contributed by atoms with Crippen LogP contribution in [0.4, 0.5) is 0 Å². The summed E-state index contributed by atoms with van der Waals surface area (Å²) >= 11 is 16.1. The second kappa shape index (κ2) is 4.64. The molecule has 0 spiro atoms. The van der Waals surface area contributed by atoms with Crippen molar-refractivity contribution in [3.8, 4) is 0 Å². The van der Waals surface area contributed by atoms with Gasteiger partial charge in [0.05, 0.1) is 7.11 Å². The van der Waals surface area contributed by atoms with Gasteiger partial charge in [0.15, 0.2) is 5.38 Å². The summed E-state index contributed by atoms with van der Waals surface area (Å²) < 4.78 is 5.81. The molecule has 0 bridgehead atoms. The van der Waals surface area contributed by atoms with Crippen LogP contribution >= 0.6 is 50.5 Å². The van der Waals surface area contributed by atoms with Crippen molar-refractivity contribution in [2.24, 2.45) is 0 Å². The molecule has 0 aliphatic rings. The summed E-state index contributed by atoms with van der Waals surface area (Å²) in [5.41, 5.74) is 0. The molecule has 13 heavy (non-hydrogen) atoms. The Kier molecular flexibility index (Phi) is 4.04. The van der Waals surface area contributed by atoms with E-state index in [0.29, 0.717) is 9.21 Å². The zero-order valence-corrected chi connectivity index (χ0v) is 10.4. The topological polar surface area (TPSA) is 26.3 Å². The fourth-order valence-electron chi connectivity index (χ4n) is 0.708. The SMILES string of the molecule is COC(=O)C(Cl)c1cc(Br)c(Cl)s1. The molecule has 1 atom stereocenters. The maximum absolute atomic E-state index is 11.0. The number of halogens is 3. The minimum atomic E-state index is -0.779. The highest BCUT2D eigenvalue weighted by Crippen LogP contribution is 2.37. The second-order valence-electron chi connectivity index (χ2n) is 2.16. The molecule has 0 amide bonds. The molecule has 0 radical (unpaired) electrons. The number of carbonyl (C=O) groups is 1. The van der Waals surface area contributed by atoms with Gasteiger partial charge in [0, 0.05) is 9.35 Å². The monoisotopic (exact) mass is 302 g/mol. The molecule has 0 aliphatic heterocycles. The van der Waals surface area contributed by atoms with Crippen molar-refractivity contribution in [2.75, 3.05) is 7.11 Å². The second-order valence-corrected chi connectivity index (χ2v) is 5.13. The number of carbonyl (C=O) groups excluding carboxylic acids is 1. The van der Waals surface area contributed by atoms with Crippen molar-refractivity contribution >= 4 is 56.4 Å². The maximum Gasteiger partial charge on any atom is 0.329 e. The van der Waals surface area contributed by atoms with Crippen LogP contribution in [0.25, 0.3) is 0 Å². The summed E-state index contributed by atoms with van der Waals surface area (Å²) in [6.45, 7) is 0. The quantitative estimate of drug-likeness (QED) is 0.616. The van der Waals surface area contributed by atoms with Crippen molar-refractivity contribution in [2.45, 2.75) is 5.38 Å². The summed E-state index contributed by atoms with van der Waals surface area (Å²) in [6, 6.07) is 1.71. The van der Waals surface area contributed by atoms with Gasteiger partial charge in [0.2, 0.25) is 0 Å². The zero-order valence-electron chi connectivity index (χ0n) is 6.51. The van der Waals surface area contributed by atoms with Gasteiger partial charge >= 0.3 is 5.97 Å². The number of alkyl halides is 1. The van der Waals surface area contributed by atoms with Crippen LogP contribution in [0.2, 0.25) is 4.34 Å². The van der Waals surface area contributed by atoms with E-state index in [0.717, 1.165) is 4.47 Å². The van der Waals surface area contributed by atoms with Crippen LogP contribution in [0.3, 0.4) is 0 Å². The molecule has 72 valence electrons. The molecule has 1 unspecified atom stereocenters. The van der Waals surface area contributed by atoms with Gasteiger partial charge in [-0.25, -0.2) is 0 Å². The van der Waals surface area contributed by atoms with E-state index in [-0.39, 0.29) is 0 Å². The maximum atomic E-state index is 11.0. The average molecular weight is 304 g/mol. The van der Waals surface area contributed by atoms with Gasteiger partial charge in [0.1, 0.15) is 4.34 Å². The van der Waals surface area contributed by atoms with Crippen LogP contribution in [-0.4, -0.2) is 13.1 Å². The molecule has 1 aromatic heterocycles. The van der Waals surface area contributed by atoms with Crippen LogP contribution in [0.5, 0.6) is 0 Å². The third-order valence-corrected chi connectivity index (χ3v) is 4.40. The van der Waals surface area contributed by atoms with Gasteiger partial charge in [-0.15, -0.1) is 22.9 Å². The lowest BCUT2D eigenvalue weighted by Crippen LogP contribution is -2.06. The van der Waals surface area contributed by atoms with Gasteiger partial charge < -0.3 is 4.74 Å². The number of hydrogen-bond acceptors (Lipinski definition) is 3. The molecule has 0 saturated heterocycles. The van der Waals surface area contributed by atoms with E-state index in [4.69, 9.17) is 23.2 Å². The highest BCUT2D eigenvalue weighted by Gasteiger charge is 2.21. The van der Waals surface area contributed by atoms with Crippen molar-refractivity contribution in [1.82, 2.24) is 0 Å². The third kappa shape index (κ3) is 2.59. The number of thiophene rings is 1. The first kappa shape index (κ1) is 11.3. The van der Waals surface area contributed by atoms with E-state index < -0.39 is 11.3 Å². The van der Waals surface area contributed by atoms with E-state index >= 15 is 0 Å². The van der Waals surface area contributed by atoms with Gasteiger partial charge in [-0.2, -0.15) is 0 Å². The van der Waals surface area contributed by atoms with Crippen LogP contribution in [-0.2, 0) is 9.53 Å². The molecule has 0 N–H and O–H groups in total. The zero-order chi connectivity index (χ0) is 10.0. The van der Waals surface area contributed by atoms with Crippen molar-refractivity contribution in [1.29, 1.82) is 0 Å². The largest absolute Gasteiger partial charge is 0.468 e. The highest BCUT2D eigenvalue weighted by molar-refractivity contribution is 9.10. The fraction of sp³-hybridized carbons (Fsp3) is 0.286.